The molecule has 4 N–H and O–H groups in total. The van der Waals surface area contributed by atoms with Gasteiger partial charge in [-0.1, -0.05) is 0 Å². The minimum Gasteiger partial charge on any atom is 0 e. The average molecular weight is 548 g/mol. The van der Waals surface area contributed by atoms with Gasteiger partial charge in [-0.2, -0.15) is 0 Å². The molecular weight excluding hydrogens is 531 g/mol. The number of oxime groups is 1. The van der Waals surface area contributed by atoms with Crippen LogP contribution < -0.4 is 11.1 Å². The molecule has 1 saturated heterocycles. The van der Waals surface area contributed by atoms with E-state index in [1.807, 2.05) is 0 Å². The fraction of sp³-hybridized carbons (Fsp3) is 0.375. The third kappa shape index (κ3) is 6.19. The zero-order valence-corrected chi connectivity index (χ0v) is 24.3. The third-order valence-corrected chi connectivity index (χ3v) is 6.90. The molecule has 3 heterocycles. The number of β-lactam (4-membered cyclic amide) rings is 1. The van der Waals surface area contributed by atoms with Gasteiger partial charge in [-0.15, -0.1) is 0 Å². The molecule has 1 aromatic rings. The molecule has 2 aliphatic rings. The minimum absolute atomic E-state index is 0. The number of nitrogens with two attached hydrogens (primary N) is 1. The fourth-order valence-corrected chi connectivity index (χ4v) is 5.36. The number of nitrogen functional groups attached to an aromatic ring is 1. The van der Waals surface area contributed by atoms with Crippen LogP contribution in [0.2, 0.25) is 0 Å². The molecule has 0 saturated carbocycles. The number of aliphatic carboxylic acids is 1. The van der Waals surface area contributed by atoms with Crippen molar-refractivity contribution in [1.82, 2.24) is 15.2 Å². The maximum atomic E-state index is 12.7. The van der Waals surface area contributed by atoms with Gasteiger partial charge in [-0.25, -0.2) is 0 Å². The molecule has 0 bridgehead atoms. The van der Waals surface area contributed by atoms with E-state index in [0.717, 1.165) is 4.90 Å². The van der Waals surface area contributed by atoms with Crippen LogP contribution in [0.1, 0.15) is 12.6 Å². The molecule has 0 aromatic carbocycles. The first-order valence-corrected chi connectivity index (χ1v) is 11.3. The molecule has 2 radical (unpaired) electrons. The van der Waals surface area contributed by atoms with Crippen molar-refractivity contribution in [2.75, 3.05) is 25.2 Å². The van der Waals surface area contributed by atoms with Crippen molar-refractivity contribution in [3.63, 3.8) is 0 Å². The number of carboxylic acid groups (broad SMARTS) is 1. The maximum absolute atomic E-state index is 12.7. The summed E-state index contributed by atoms with van der Waals surface area (Å²) in [6, 6.07) is -0.956. The van der Waals surface area contributed by atoms with Crippen molar-refractivity contribution < 1.29 is 33.9 Å². The summed E-state index contributed by atoms with van der Waals surface area (Å²) >= 11 is 1.05. The van der Waals surface area contributed by atoms with Crippen LogP contribution in [-0.4, -0.2) is 149 Å². The van der Waals surface area contributed by atoms with Crippen molar-refractivity contribution in [2.24, 2.45) is 5.16 Å². The predicted molar refractivity (Wildman–Crippen MR) is 117 cm³/mol. The number of thioether (sulfide) groups is 1. The Kier molecular flexibility index (Phi) is 11.5. The molecule has 12 nitrogen and oxygen atoms in total. The summed E-state index contributed by atoms with van der Waals surface area (Å²) < 4.78 is 5.26. The van der Waals surface area contributed by atoms with Crippen LogP contribution in [0.3, 0.4) is 0 Å². The van der Waals surface area contributed by atoms with Gasteiger partial charge in [-0.3, -0.25) is 4.79 Å². The molecule has 0 spiro atoms. The number of esters is 1. The van der Waals surface area contributed by atoms with Crippen molar-refractivity contribution >= 4 is 120 Å². The molecule has 32 heavy (non-hydrogen) atoms. The Hall–Kier alpha value is -0.831. The molecular formula is C16H17N5Na2O7SSe. The van der Waals surface area contributed by atoms with Gasteiger partial charge in [0, 0.05) is 66.0 Å². The molecule has 0 unspecified atom stereocenters. The summed E-state index contributed by atoms with van der Waals surface area (Å²) in [4.78, 5) is 59.6. The zero-order valence-electron chi connectivity index (χ0n) is 17.8. The zero-order chi connectivity index (χ0) is 22.0. The van der Waals surface area contributed by atoms with Crippen LogP contribution in [0, 0.1) is 0 Å². The van der Waals surface area contributed by atoms with Crippen molar-refractivity contribution in [2.45, 2.75) is 18.3 Å². The number of amides is 2. The van der Waals surface area contributed by atoms with E-state index in [2.05, 4.69) is 15.5 Å². The Morgan fingerprint density at radius 3 is 2.66 bits per heavy atom. The van der Waals surface area contributed by atoms with E-state index in [1.165, 1.54) is 25.8 Å². The van der Waals surface area contributed by atoms with E-state index < -0.39 is 35.2 Å². The second kappa shape index (κ2) is 12.6. The number of anilines is 1. The first-order chi connectivity index (χ1) is 14.2. The van der Waals surface area contributed by atoms with Crippen LogP contribution in [-0.2, 0) is 28.8 Å². The average Bonchev–Trinajstić information content (AvgIpc) is 3.13. The summed E-state index contributed by atoms with van der Waals surface area (Å²) in [7, 11) is 1.27. The largest absolute Gasteiger partial charge is 0 e. The number of nitrogens with one attached hydrogen (secondary N) is 1. The number of aromatic nitrogens is 1. The van der Waals surface area contributed by atoms with Crippen LogP contribution in [0.15, 0.2) is 21.4 Å². The molecule has 0 aliphatic carbocycles. The van der Waals surface area contributed by atoms with Gasteiger partial charge >= 0.3 is 168 Å². The monoisotopic (exact) mass is 549 g/mol. The Balaban J connectivity index is 0.00000256. The molecule has 2 amide bonds. The number of hydrogen-bond acceptors (Lipinski definition) is 10. The number of hydrogen-bond donors (Lipinski definition) is 3. The minimum atomic E-state index is -1.31. The Morgan fingerprint density at radius 2 is 2.12 bits per heavy atom. The second-order valence-electron chi connectivity index (χ2n) is 6.09. The first kappa shape index (κ1) is 29.2. The van der Waals surface area contributed by atoms with Crippen LogP contribution >= 0.6 is 11.8 Å². The van der Waals surface area contributed by atoms with Gasteiger partial charge in [-0.05, 0) is 0 Å². The number of nitrogens with zero attached hydrogens (tertiary/aromatic N) is 3. The van der Waals surface area contributed by atoms with Crippen LogP contribution in [0.4, 0.5) is 4.69 Å². The normalized spacial score (nSPS) is 19.6. The van der Waals surface area contributed by atoms with E-state index in [9.17, 15) is 24.3 Å². The Labute approximate surface area is 237 Å². The first-order valence-electron chi connectivity index (χ1n) is 8.41. The van der Waals surface area contributed by atoms with Gasteiger partial charge in [0.2, 0.25) is 0 Å². The number of fused-ring (bicyclic) bond motifs is 1. The number of carbonyl (C=O) groups excluding carboxylic acids is 3. The summed E-state index contributed by atoms with van der Waals surface area (Å²) in [5.74, 6) is -2.94. The Morgan fingerprint density at radius 1 is 1.44 bits per heavy atom. The number of rotatable bonds is 7. The number of carbonyl (C=O) groups is 4. The molecule has 162 valence electrons. The van der Waals surface area contributed by atoms with Crippen LogP contribution in [0.5, 0.6) is 0 Å². The fourth-order valence-electron chi connectivity index (χ4n) is 2.88. The van der Waals surface area contributed by atoms with E-state index in [4.69, 9.17) is 15.3 Å². The molecule has 1 fully saturated rings. The Bertz CT molecular complexity index is 986. The second-order valence-corrected chi connectivity index (χ2v) is 9.06. The smallest absolute Gasteiger partial charge is 0 e. The van der Waals surface area contributed by atoms with Gasteiger partial charge in [0.1, 0.15) is 0 Å². The standard InChI is InChI=1S/C16H17N5O7SSe.2Na/c1-6(22)28-3-7-4-29-14-10(13(24)21(14)11(7)15(25)26)19-12(23)9(20-27-2)8-5-30-16(17)18-8;;/h5,10,14H,3-4H2,1-2H3,(H2,17,18)(H,19,23)(H,25,26);;/t10-,14-;;/m1../s1. The van der Waals surface area contributed by atoms with Gasteiger partial charge in [0.05, 0.1) is 0 Å². The van der Waals surface area contributed by atoms with Crippen molar-refractivity contribution in [3.05, 3.63) is 21.9 Å². The van der Waals surface area contributed by atoms with Crippen molar-refractivity contribution in [3.8, 4) is 0 Å². The number of ether oxygens (including phenoxy) is 1. The van der Waals surface area contributed by atoms with Gasteiger partial charge in [0.15, 0.2) is 0 Å². The van der Waals surface area contributed by atoms with E-state index >= 15 is 0 Å². The van der Waals surface area contributed by atoms with E-state index in [-0.39, 0.29) is 103 Å². The summed E-state index contributed by atoms with van der Waals surface area (Å²) in [6.07, 6.45) is 0. The summed E-state index contributed by atoms with van der Waals surface area (Å²) in [5, 5.41) is 15.2. The molecule has 16 heteroatoms. The van der Waals surface area contributed by atoms with Crippen molar-refractivity contribution in [1.29, 1.82) is 0 Å². The van der Waals surface area contributed by atoms with Crippen LogP contribution in [0.25, 0.3) is 0 Å². The molecule has 2 atom stereocenters. The number of carboxylic acids is 1. The summed E-state index contributed by atoms with van der Waals surface area (Å²) in [5.41, 5.74) is 5.84. The topological polar surface area (TPSA) is 174 Å². The van der Waals surface area contributed by atoms with E-state index in [0.29, 0.717) is 10.3 Å². The van der Waals surface area contributed by atoms with E-state index in [1.54, 1.807) is 4.94 Å². The maximum Gasteiger partial charge on any atom is 0 e. The summed E-state index contributed by atoms with van der Waals surface area (Å²) in [6.45, 7) is 0.981. The third-order valence-electron chi connectivity index (χ3n) is 4.15. The molecule has 1 aromatic heterocycles. The quantitative estimate of drug-likeness (QED) is 0.110. The molecule has 2 aliphatic heterocycles. The SMILES string of the molecule is CON=C(C(=O)N[C@@H]1C(=O)N2C(C(=O)O)=C(COC(C)=O)CS[C@H]12)c1c[se]c(N)n1.[Na].[Na]. The van der Waals surface area contributed by atoms with Gasteiger partial charge < -0.3 is 0 Å². The predicted octanol–water partition coefficient (Wildman–Crippen LogP) is -2.39. The molecule has 3 rings (SSSR count). The van der Waals surface area contributed by atoms with Gasteiger partial charge in [0.25, 0.3) is 0 Å².